The second-order valence-corrected chi connectivity index (χ2v) is 9.13. The van der Waals surface area contributed by atoms with E-state index < -0.39 is 10.0 Å². The Kier molecular flexibility index (Phi) is 5.75. The summed E-state index contributed by atoms with van der Waals surface area (Å²) in [4.78, 5) is 12.7. The van der Waals surface area contributed by atoms with Crippen LogP contribution in [0, 0.1) is 20.8 Å². The third kappa shape index (κ3) is 4.66. The van der Waals surface area contributed by atoms with E-state index in [1.807, 2.05) is 39.0 Å². The average molecular weight is 409 g/mol. The van der Waals surface area contributed by atoms with Gasteiger partial charge in [-0.15, -0.1) is 0 Å². The number of carbonyl (C=O) groups excluding carboxylic acids is 1. The van der Waals surface area contributed by atoms with Gasteiger partial charge in [-0.3, -0.25) is 9.10 Å². The monoisotopic (exact) mass is 408 g/mol. The van der Waals surface area contributed by atoms with E-state index in [1.165, 1.54) is 11.4 Å². The Bertz CT molecular complexity index is 1120. The molecule has 0 saturated carbocycles. The van der Waals surface area contributed by atoms with E-state index in [-0.39, 0.29) is 10.8 Å². The molecule has 0 fully saturated rings. The summed E-state index contributed by atoms with van der Waals surface area (Å²) in [6, 6.07) is 19.0. The Morgan fingerprint density at radius 2 is 1.34 bits per heavy atom. The predicted octanol–water partition coefficient (Wildman–Crippen LogP) is 4.69. The van der Waals surface area contributed by atoms with Crippen LogP contribution >= 0.6 is 0 Å². The molecule has 150 valence electrons. The highest BCUT2D eigenvalue weighted by Crippen LogP contribution is 2.23. The molecule has 0 heterocycles. The number of hydrogen-bond donors (Lipinski definition) is 1. The van der Waals surface area contributed by atoms with E-state index in [1.54, 1.807) is 48.5 Å². The zero-order valence-corrected chi connectivity index (χ0v) is 17.7. The van der Waals surface area contributed by atoms with Crippen LogP contribution < -0.4 is 9.62 Å². The summed E-state index contributed by atoms with van der Waals surface area (Å²) in [6.07, 6.45) is 0. The van der Waals surface area contributed by atoms with Gasteiger partial charge in [-0.1, -0.05) is 23.8 Å². The molecular weight excluding hydrogens is 384 g/mol. The molecular formula is C23H24N2O3S. The van der Waals surface area contributed by atoms with Gasteiger partial charge in [-0.25, -0.2) is 8.42 Å². The lowest BCUT2D eigenvalue weighted by Gasteiger charge is -2.20. The largest absolute Gasteiger partial charge is 0.322 e. The molecule has 6 heteroatoms. The van der Waals surface area contributed by atoms with Gasteiger partial charge in [0.05, 0.1) is 10.6 Å². The molecule has 0 unspecified atom stereocenters. The summed E-state index contributed by atoms with van der Waals surface area (Å²) < 4.78 is 26.8. The predicted molar refractivity (Wildman–Crippen MR) is 117 cm³/mol. The third-order valence-electron chi connectivity index (χ3n) is 4.65. The van der Waals surface area contributed by atoms with Gasteiger partial charge in [-0.05, 0) is 80.4 Å². The summed E-state index contributed by atoms with van der Waals surface area (Å²) >= 11 is 0. The first-order chi connectivity index (χ1) is 13.7. The molecule has 0 radical (unpaired) electrons. The molecule has 3 aromatic carbocycles. The van der Waals surface area contributed by atoms with Gasteiger partial charge in [0.1, 0.15) is 0 Å². The minimum atomic E-state index is -3.67. The molecule has 0 bridgehead atoms. The van der Waals surface area contributed by atoms with Gasteiger partial charge in [-0.2, -0.15) is 0 Å². The minimum absolute atomic E-state index is 0.224. The molecule has 5 nitrogen and oxygen atoms in total. The molecule has 0 spiro atoms. The van der Waals surface area contributed by atoms with Crippen molar-refractivity contribution in [2.75, 3.05) is 16.7 Å². The van der Waals surface area contributed by atoms with Gasteiger partial charge >= 0.3 is 0 Å². The van der Waals surface area contributed by atoms with Crippen molar-refractivity contribution in [3.05, 3.63) is 89.0 Å². The van der Waals surface area contributed by atoms with Crippen LogP contribution in [0.3, 0.4) is 0 Å². The summed E-state index contributed by atoms with van der Waals surface area (Å²) in [6.45, 7) is 5.85. The maximum atomic E-state index is 12.8. The number of amides is 1. The summed E-state index contributed by atoms with van der Waals surface area (Å²) in [5.41, 5.74) is 4.79. The zero-order chi connectivity index (χ0) is 21.2. The lowest BCUT2D eigenvalue weighted by Crippen LogP contribution is -2.26. The number of carbonyl (C=O) groups is 1. The van der Waals surface area contributed by atoms with Gasteiger partial charge < -0.3 is 5.32 Å². The number of nitrogens with one attached hydrogen (secondary N) is 1. The van der Waals surface area contributed by atoms with E-state index in [2.05, 4.69) is 5.32 Å². The van der Waals surface area contributed by atoms with Crippen molar-refractivity contribution in [3.63, 3.8) is 0 Å². The molecule has 0 atom stereocenters. The van der Waals surface area contributed by atoms with Crippen molar-refractivity contribution in [2.45, 2.75) is 25.7 Å². The molecule has 0 aliphatic carbocycles. The Labute approximate surface area is 172 Å². The lowest BCUT2D eigenvalue weighted by molar-refractivity contribution is 0.102. The summed E-state index contributed by atoms with van der Waals surface area (Å²) in [5, 5.41) is 2.88. The SMILES string of the molecule is Cc1ccc(S(=O)(=O)N(C)c2ccc(C(=O)Nc3cc(C)cc(C)c3)cc2)cc1. The standard InChI is InChI=1S/C23H24N2O3S/c1-16-5-11-22(12-6-16)29(27,28)25(4)21-9-7-19(8-10-21)23(26)24-20-14-17(2)13-18(3)15-20/h5-15H,1-4H3,(H,24,26). The number of benzene rings is 3. The fraction of sp³-hybridized carbons (Fsp3) is 0.174. The number of aryl methyl sites for hydroxylation is 3. The average Bonchev–Trinajstić information content (AvgIpc) is 2.67. The fourth-order valence-electron chi connectivity index (χ4n) is 3.08. The van der Waals surface area contributed by atoms with Crippen molar-refractivity contribution in [3.8, 4) is 0 Å². The molecule has 1 amide bonds. The highest BCUT2D eigenvalue weighted by molar-refractivity contribution is 7.92. The smallest absolute Gasteiger partial charge is 0.264 e. The molecule has 0 saturated heterocycles. The Balaban J connectivity index is 1.78. The topological polar surface area (TPSA) is 66.5 Å². The van der Waals surface area contributed by atoms with E-state index in [9.17, 15) is 13.2 Å². The summed E-state index contributed by atoms with van der Waals surface area (Å²) in [5.74, 6) is -0.245. The maximum absolute atomic E-state index is 12.8. The molecule has 3 aromatic rings. The van der Waals surface area contributed by atoms with Gasteiger partial charge in [0.25, 0.3) is 15.9 Å². The fourth-order valence-corrected chi connectivity index (χ4v) is 4.28. The highest BCUT2D eigenvalue weighted by Gasteiger charge is 2.21. The molecule has 3 rings (SSSR count). The van der Waals surface area contributed by atoms with Crippen molar-refractivity contribution in [1.29, 1.82) is 0 Å². The first-order valence-corrected chi connectivity index (χ1v) is 10.7. The molecule has 29 heavy (non-hydrogen) atoms. The summed E-state index contributed by atoms with van der Waals surface area (Å²) in [7, 11) is -2.17. The maximum Gasteiger partial charge on any atom is 0.264 e. The van der Waals surface area contributed by atoms with E-state index in [4.69, 9.17) is 0 Å². The van der Waals surface area contributed by atoms with Crippen LogP contribution in [-0.2, 0) is 10.0 Å². The number of nitrogens with zero attached hydrogens (tertiary/aromatic N) is 1. The van der Waals surface area contributed by atoms with Crippen LogP contribution in [0.1, 0.15) is 27.0 Å². The molecule has 0 aliphatic heterocycles. The lowest BCUT2D eigenvalue weighted by atomic mass is 10.1. The van der Waals surface area contributed by atoms with Crippen LogP contribution in [0.5, 0.6) is 0 Å². The van der Waals surface area contributed by atoms with Crippen LogP contribution in [0.25, 0.3) is 0 Å². The Morgan fingerprint density at radius 1 is 0.793 bits per heavy atom. The van der Waals surface area contributed by atoms with Gasteiger partial charge in [0, 0.05) is 18.3 Å². The van der Waals surface area contributed by atoms with Gasteiger partial charge in [0.15, 0.2) is 0 Å². The van der Waals surface area contributed by atoms with Crippen LogP contribution in [-0.4, -0.2) is 21.4 Å². The third-order valence-corrected chi connectivity index (χ3v) is 6.45. The Morgan fingerprint density at radius 3 is 1.90 bits per heavy atom. The van der Waals surface area contributed by atoms with Crippen molar-refractivity contribution in [2.24, 2.45) is 0 Å². The Hall–Kier alpha value is -3.12. The van der Waals surface area contributed by atoms with E-state index in [0.717, 1.165) is 22.4 Å². The number of sulfonamides is 1. The van der Waals surface area contributed by atoms with Crippen LogP contribution in [0.4, 0.5) is 11.4 Å². The normalized spacial score (nSPS) is 11.2. The first-order valence-electron chi connectivity index (χ1n) is 9.22. The van der Waals surface area contributed by atoms with Crippen LogP contribution in [0.2, 0.25) is 0 Å². The molecule has 1 N–H and O–H groups in total. The number of anilines is 2. The molecule has 0 aliphatic rings. The number of hydrogen-bond acceptors (Lipinski definition) is 3. The highest BCUT2D eigenvalue weighted by atomic mass is 32.2. The first kappa shape index (κ1) is 20.6. The second kappa shape index (κ2) is 8.09. The molecule has 0 aromatic heterocycles. The van der Waals surface area contributed by atoms with E-state index >= 15 is 0 Å². The van der Waals surface area contributed by atoms with Crippen molar-refractivity contribution >= 4 is 27.3 Å². The zero-order valence-electron chi connectivity index (χ0n) is 16.9. The van der Waals surface area contributed by atoms with Crippen LogP contribution in [0.15, 0.2) is 71.6 Å². The van der Waals surface area contributed by atoms with E-state index in [0.29, 0.717) is 11.3 Å². The minimum Gasteiger partial charge on any atom is -0.322 e. The number of rotatable bonds is 5. The van der Waals surface area contributed by atoms with Crippen molar-refractivity contribution in [1.82, 2.24) is 0 Å². The van der Waals surface area contributed by atoms with Crippen molar-refractivity contribution < 1.29 is 13.2 Å². The second-order valence-electron chi connectivity index (χ2n) is 7.16. The quantitative estimate of drug-likeness (QED) is 0.666. The van der Waals surface area contributed by atoms with Gasteiger partial charge in [0.2, 0.25) is 0 Å².